The number of hydrogen-bond acceptors (Lipinski definition) is 5. The zero-order valence-electron chi connectivity index (χ0n) is 16.4. The lowest BCUT2D eigenvalue weighted by Crippen LogP contribution is -2.30. The van der Waals surface area contributed by atoms with Crippen molar-refractivity contribution in [1.29, 1.82) is 0 Å². The van der Waals surface area contributed by atoms with Gasteiger partial charge in [-0.25, -0.2) is 0 Å². The van der Waals surface area contributed by atoms with Gasteiger partial charge in [-0.2, -0.15) is 0 Å². The summed E-state index contributed by atoms with van der Waals surface area (Å²) >= 11 is 6.07. The van der Waals surface area contributed by atoms with Crippen LogP contribution in [0.25, 0.3) is 0 Å². The highest BCUT2D eigenvalue weighted by molar-refractivity contribution is 6.31. The molecule has 1 amide bonds. The molecule has 0 spiro atoms. The molecule has 150 valence electrons. The van der Waals surface area contributed by atoms with E-state index in [2.05, 4.69) is 5.32 Å². The Labute approximate surface area is 169 Å². The second-order valence-corrected chi connectivity index (χ2v) is 6.64. The molecule has 0 aliphatic heterocycles. The molecule has 1 atom stereocenters. The van der Waals surface area contributed by atoms with Crippen LogP contribution in [0.5, 0.6) is 11.5 Å². The van der Waals surface area contributed by atoms with Crippen molar-refractivity contribution in [2.45, 2.75) is 32.8 Å². The average molecular weight is 406 g/mol. The zero-order valence-corrected chi connectivity index (χ0v) is 17.1. The van der Waals surface area contributed by atoms with E-state index in [-0.39, 0.29) is 6.42 Å². The standard InChI is InChI=1S/C21H24ClNO5/c1-13-11-17(19(27-4)12-16(13)22)23-21(25)14(2)28-20(24)10-9-15-7-5-6-8-18(15)26-3/h5-8,11-12,14H,9-10H2,1-4H3,(H,23,25)/t14-/m1/s1. The van der Waals surface area contributed by atoms with Crippen LogP contribution in [0.4, 0.5) is 5.69 Å². The van der Waals surface area contributed by atoms with Gasteiger partial charge in [-0.05, 0) is 43.5 Å². The topological polar surface area (TPSA) is 73.9 Å². The number of amides is 1. The molecule has 0 heterocycles. The summed E-state index contributed by atoms with van der Waals surface area (Å²) in [6, 6.07) is 10.8. The Balaban J connectivity index is 1.93. The van der Waals surface area contributed by atoms with Crippen LogP contribution in [0.2, 0.25) is 5.02 Å². The van der Waals surface area contributed by atoms with E-state index in [0.717, 1.165) is 11.1 Å². The number of nitrogens with one attached hydrogen (secondary N) is 1. The summed E-state index contributed by atoms with van der Waals surface area (Å²) in [5.74, 6) is 0.225. The van der Waals surface area contributed by atoms with Gasteiger partial charge in [-0.3, -0.25) is 9.59 Å². The molecule has 2 aromatic rings. The normalized spacial score (nSPS) is 11.5. The minimum Gasteiger partial charge on any atom is -0.496 e. The highest BCUT2D eigenvalue weighted by Gasteiger charge is 2.20. The molecular weight excluding hydrogens is 382 g/mol. The van der Waals surface area contributed by atoms with Crippen LogP contribution in [0.3, 0.4) is 0 Å². The van der Waals surface area contributed by atoms with Crippen LogP contribution in [-0.4, -0.2) is 32.2 Å². The van der Waals surface area contributed by atoms with Crippen molar-refractivity contribution in [1.82, 2.24) is 0 Å². The Morgan fingerprint density at radius 1 is 1.11 bits per heavy atom. The molecule has 0 fully saturated rings. The SMILES string of the molecule is COc1ccccc1CCC(=O)O[C@H](C)C(=O)Nc1cc(C)c(Cl)cc1OC. The van der Waals surface area contributed by atoms with E-state index >= 15 is 0 Å². The van der Waals surface area contributed by atoms with Gasteiger partial charge in [-0.1, -0.05) is 29.8 Å². The molecule has 6 nitrogen and oxygen atoms in total. The monoisotopic (exact) mass is 405 g/mol. The number of aryl methyl sites for hydroxylation is 2. The molecule has 0 aliphatic carbocycles. The first-order valence-corrected chi connectivity index (χ1v) is 9.19. The summed E-state index contributed by atoms with van der Waals surface area (Å²) in [5.41, 5.74) is 2.16. The molecule has 0 radical (unpaired) electrons. The number of rotatable bonds is 8. The molecule has 2 rings (SSSR count). The van der Waals surface area contributed by atoms with Gasteiger partial charge in [0.25, 0.3) is 5.91 Å². The number of anilines is 1. The molecule has 0 bridgehead atoms. The summed E-state index contributed by atoms with van der Waals surface area (Å²) in [6.45, 7) is 3.34. The quantitative estimate of drug-likeness (QED) is 0.667. The van der Waals surface area contributed by atoms with Crippen LogP contribution in [0, 0.1) is 6.92 Å². The van der Waals surface area contributed by atoms with E-state index in [1.165, 1.54) is 14.0 Å². The fourth-order valence-corrected chi connectivity index (χ4v) is 2.77. The molecule has 7 heteroatoms. The number of ether oxygens (including phenoxy) is 3. The minimum atomic E-state index is -0.953. The number of methoxy groups -OCH3 is 2. The smallest absolute Gasteiger partial charge is 0.306 e. The first kappa shape index (κ1) is 21.6. The molecule has 0 saturated heterocycles. The number of esters is 1. The van der Waals surface area contributed by atoms with Gasteiger partial charge in [0.1, 0.15) is 11.5 Å². The fourth-order valence-electron chi connectivity index (χ4n) is 2.62. The van der Waals surface area contributed by atoms with E-state index in [9.17, 15) is 9.59 Å². The molecule has 0 unspecified atom stereocenters. The highest BCUT2D eigenvalue weighted by atomic mass is 35.5. The first-order valence-electron chi connectivity index (χ1n) is 8.82. The number of para-hydroxylation sites is 1. The van der Waals surface area contributed by atoms with E-state index in [1.807, 2.05) is 31.2 Å². The Kier molecular flexibility index (Phi) is 7.70. The number of hydrogen-bond donors (Lipinski definition) is 1. The molecule has 0 aromatic heterocycles. The van der Waals surface area contributed by atoms with E-state index in [0.29, 0.717) is 28.6 Å². The third kappa shape index (κ3) is 5.63. The Morgan fingerprint density at radius 3 is 2.46 bits per heavy atom. The van der Waals surface area contributed by atoms with E-state index in [4.69, 9.17) is 25.8 Å². The average Bonchev–Trinajstić information content (AvgIpc) is 2.68. The summed E-state index contributed by atoms with van der Waals surface area (Å²) in [5, 5.41) is 3.24. The van der Waals surface area contributed by atoms with Crippen molar-refractivity contribution in [3.63, 3.8) is 0 Å². The Bertz CT molecular complexity index is 853. The predicted octanol–water partition coefficient (Wildman–Crippen LogP) is 4.17. The van der Waals surface area contributed by atoms with Gasteiger partial charge < -0.3 is 19.5 Å². The Morgan fingerprint density at radius 2 is 1.79 bits per heavy atom. The summed E-state index contributed by atoms with van der Waals surface area (Å²) in [6.07, 6.45) is -0.353. The zero-order chi connectivity index (χ0) is 20.7. The van der Waals surface area contributed by atoms with Crippen molar-refractivity contribution in [2.24, 2.45) is 0 Å². The number of halogens is 1. The van der Waals surface area contributed by atoms with Gasteiger partial charge in [0.15, 0.2) is 6.10 Å². The van der Waals surface area contributed by atoms with Crippen molar-refractivity contribution >= 4 is 29.2 Å². The maximum Gasteiger partial charge on any atom is 0.306 e. The molecular formula is C21H24ClNO5. The van der Waals surface area contributed by atoms with Crippen molar-refractivity contribution in [3.8, 4) is 11.5 Å². The van der Waals surface area contributed by atoms with Gasteiger partial charge in [-0.15, -0.1) is 0 Å². The van der Waals surface area contributed by atoms with Gasteiger partial charge in [0.2, 0.25) is 0 Å². The second kappa shape index (κ2) is 9.99. The predicted molar refractivity (Wildman–Crippen MR) is 108 cm³/mol. The van der Waals surface area contributed by atoms with Crippen LogP contribution >= 0.6 is 11.6 Å². The van der Waals surface area contributed by atoms with Crippen molar-refractivity contribution < 1.29 is 23.8 Å². The number of carbonyl (C=O) groups excluding carboxylic acids is 2. The van der Waals surface area contributed by atoms with E-state index in [1.54, 1.807) is 19.2 Å². The summed E-state index contributed by atoms with van der Waals surface area (Å²) < 4.78 is 15.7. The van der Waals surface area contributed by atoms with Crippen LogP contribution < -0.4 is 14.8 Å². The molecule has 0 aliphatic rings. The largest absolute Gasteiger partial charge is 0.496 e. The lowest BCUT2D eigenvalue weighted by Gasteiger charge is -2.16. The van der Waals surface area contributed by atoms with Crippen LogP contribution in [0.1, 0.15) is 24.5 Å². The second-order valence-electron chi connectivity index (χ2n) is 6.23. The van der Waals surface area contributed by atoms with E-state index < -0.39 is 18.0 Å². The van der Waals surface area contributed by atoms with Gasteiger partial charge >= 0.3 is 5.97 Å². The molecule has 2 aromatic carbocycles. The van der Waals surface area contributed by atoms with Crippen molar-refractivity contribution in [2.75, 3.05) is 19.5 Å². The maximum absolute atomic E-state index is 12.4. The van der Waals surface area contributed by atoms with Gasteiger partial charge in [0, 0.05) is 17.5 Å². The lowest BCUT2D eigenvalue weighted by atomic mass is 10.1. The van der Waals surface area contributed by atoms with Crippen LogP contribution in [0.15, 0.2) is 36.4 Å². The summed E-state index contributed by atoms with van der Waals surface area (Å²) in [7, 11) is 3.06. The van der Waals surface area contributed by atoms with Crippen LogP contribution in [-0.2, 0) is 20.7 Å². The minimum absolute atomic E-state index is 0.140. The number of benzene rings is 2. The molecule has 28 heavy (non-hydrogen) atoms. The molecule has 0 saturated carbocycles. The fraction of sp³-hybridized carbons (Fsp3) is 0.333. The lowest BCUT2D eigenvalue weighted by molar-refractivity contribution is -0.153. The van der Waals surface area contributed by atoms with Crippen molar-refractivity contribution in [3.05, 3.63) is 52.5 Å². The third-order valence-electron chi connectivity index (χ3n) is 4.21. The summed E-state index contributed by atoms with van der Waals surface area (Å²) in [4.78, 5) is 24.5. The first-order chi connectivity index (χ1) is 13.3. The highest BCUT2D eigenvalue weighted by Crippen LogP contribution is 2.31. The Hall–Kier alpha value is -2.73. The number of carbonyl (C=O) groups is 2. The third-order valence-corrected chi connectivity index (χ3v) is 4.61. The maximum atomic E-state index is 12.4. The van der Waals surface area contributed by atoms with Gasteiger partial charge in [0.05, 0.1) is 19.9 Å². The molecule has 1 N–H and O–H groups in total.